The van der Waals surface area contributed by atoms with E-state index in [4.69, 9.17) is 4.74 Å². The van der Waals surface area contributed by atoms with Crippen LogP contribution < -0.4 is 5.32 Å². The number of alkyl halides is 6. The van der Waals surface area contributed by atoms with Crippen LogP contribution in [0.2, 0.25) is 0 Å². The standard InChI is InChI=1S/C29H27F6NO3/c1-2-39-26(38)16-8-15-25(37)36-27(19-20-9-4-3-5-10-20,21-11-6-13-23(17-21)28(30,31)32)22-12-7-14-24(18-22)29(33,34)35/h3-7,9-14,17-18H,2,8,15-16,19H2,1H3,(H,36,37). The fraction of sp³-hybridized carbons (Fsp3) is 0.310. The first-order valence-corrected chi connectivity index (χ1v) is 12.2. The van der Waals surface area contributed by atoms with Crippen LogP contribution in [0.1, 0.15) is 54.0 Å². The number of amides is 1. The summed E-state index contributed by atoms with van der Waals surface area (Å²) in [5.41, 5.74) is -3.34. The summed E-state index contributed by atoms with van der Waals surface area (Å²) >= 11 is 0. The van der Waals surface area contributed by atoms with Gasteiger partial charge in [0.05, 0.1) is 23.3 Å². The van der Waals surface area contributed by atoms with Gasteiger partial charge in [-0.05, 0) is 54.3 Å². The van der Waals surface area contributed by atoms with Crippen molar-refractivity contribution in [1.82, 2.24) is 5.32 Å². The molecular formula is C29H27F6NO3. The van der Waals surface area contributed by atoms with Crippen LogP contribution in [0.25, 0.3) is 0 Å². The smallest absolute Gasteiger partial charge is 0.416 e. The minimum Gasteiger partial charge on any atom is -0.466 e. The summed E-state index contributed by atoms with van der Waals surface area (Å²) in [5, 5.41) is 2.75. The Morgan fingerprint density at radius 2 is 1.23 bits per heavy atom. The molecule has 0 heterocycles. The van der Waals surface area contributed by atoms with Crippen LogP contribution in [0, 0.1) is 0 Å². The predicted molar refractivity (Wildman–Crippen MR) is 132 cm³/mol. The first-order valence-electron chi connectivity index (χ1n) is 12.2. The summed E-state index contributed by atoms with van der Waals surface area (Å²) in [7, 11) is 0. The second-order valence-electron chi connectivity index (χ2n) is 8.93. The number of hydrogen-bond donors (Lipinski definition) is 1. The van der Waals surface area contributed by atoms with Crippen molar-refractivity contribution >= 4 is 11.9 Å². The van der Waals surface area contributed by atoms with E-state index in [9.17, 15) is 35.9 Å². The molecule has 0 saturated heterocycles. The quantitative estimate of drug-likeness (QED) is 0.217. The number of ether oxygens (including phenoxy) is 1. The minimum atomic E-state index is -4.73. The van der Waals surface area contributed by atoms with Crippen LogP contribution in [-0.4, -0.2) is 18.5 Å². The third-order valence-electron chi connectivity index (χ3n) is 6.12. The zero-order valence-corrected chi connectivity index (χ0v) is 21.0. The normalized spacial score (nSPS) is 12.2. The lowest BCUT2D eigenvalue weighted by Crippen LogP contribution is -2.48. The highest BCUT2D eigenvalue weighted by Gasteiger charge is 2.40. The molecule has 39 heavy (non-hydrogen) atoms. The molecule has 0 spiro atoms. The molecule has 4 nitrogen and oxygen atoms in total. The van der Waals surface area contributed by atoms with Gasteiger partial charge in [0.2, 0.25) is 5.91 Å². The van der Waals surface area contributed by atoms with Gasteiger partial charge in [-0.2, -0.15) is 26.3 Å². The molecule has 3 aromatic carbocycles. The maximum absolute atomic E-state index is 13.7. The number of halogens is 6. The monoisotopic (exact) mass is 551 g/mol. The molecule has 0 fully saturated rings. The van der Waals surface area contributed by atoms with E-state index in [1.807, 2.05) is 0 Å². The van der Waals surface area contributed by atoms with Crippen molar-refractivity contribution in [3.63, 3.8) is 0 Å². The van der Waals surface area contributed by atoms with Crippen molar-refractivity contribution in [3.8, 4) is 0 Å². The van der Waals surface area contributed by atoms with E-state index in [2.05, 4.69) is 5.32 Å². The summed E-state index contributed by atoms with van der Waals surface area (Å²) < 4.78 is 87.0. The Kier molecular flexibility index (Phi) is 9.42. The molecule has 0 aliphatic rings. The lowest BCUT2D eigenvalue weighted by molar-refractivity contribution is -0.143. The van der Waals surface area contributed by atoms with Crippen LogP contribution in [0.5, 0.6) is 0 Å². The third-order valence-corrected chi connectivity index (χ3v) is 6.12. The lowest BCUT2D eigenvalue weighted by Gasteiger charge is -2.37. The highest BCUT2D eigenvalue weighted by molar-refractivity contribution is 5.79. The van der Waals surface area contributed by atoms with Crippen LogP contribution in [-0.2, 0) is 38.6 Å². The highest BCUT2D eigenvalue weighted by Crippen LogP contribution is 2.39. The van der Waals surface area contributed by atoms with Crippen LogP contribution in [0.3, 0.4) is 0 Å². The van der Waals surface area contributed by atoms with E-state index in [0.717, 1.165) is 36.4 Å². The van der Waals surface area contributed by atoms with Gasteiger partial charge in [-0.1, -0.05) is 54.6 Å². The molecule has 1 amide bonds. The molecule has 1 N–H and O–H groups in total. The van der Waals surface area contributed by atoms with Crippen LogP contribution in [0.15, 0.2) is 78.9 Å². The Balaban J connectivity index is 2.17. The van der Waals surface area contributed by atoms with Gasteiger partial charge in [0.25, 0.3) is 0 Å². The lowest BCUT2D eigenvalue weighted by atomic mass is 9.76. The van der Waals surface area contributed by atoms with E-state index >= 15 is 0 Å². The number of carbonyl (C=O) groups excluding carboxylic acids is 2. The summed E-state index contributed by atoms with van der Waals surface area (Å²) in [6.07, 6.45) is -9.79. The van der Waals surface area contributed by atoms with E-state index < -0.39 is 40.9 Å². The van der Waals surface area contributed by atoms with Gasteiger partial charge in [-0.3, -0.25) is 9.59 Å². The average Bonchev–Trinajstić information content (AvgIpc) is 2.88. The average molecular weight is 552 g/mol. The molecule has 0 unspecified atom stereocenters. The Bertz CT molecular complexity index is 1210. The van der Waals surface area contributed by atoms with Crippen LogP contribution >= 0.6 is 0 Å². The molecule has 0 aliphatic carbocycles. The van der Waals surface area contributed by atoms with Crippen molar-refractivity contribution in [1.29, 1.82) is 0 Å². The Morgan fingerprint density at radius 1 is 0.718 bits per heavy atom. The molecule has 0 radical (unpaired) electrons. The predicted octanol–water partition coefficient (Wildman–Crippen LogP) is 7.06. The van der Waals surface area contributed by atoms with Crippen molar-refractivity contribution in [2.75, 3.05) is 6.61 Å². The van der Waals surface area contributed by atoms with Gasteiger partial charge in [0.1, 0.15) is 0 Å². The van der Waals surface area contributed by atoms with Crippen molar-refractivity contribution in [2.45, 2.75) is 50.5 Å². The largest absolute Gasteiger partial charge is 0.466 e. The van der Waals surface area contributed by atoms with Gasteiger partial charge in [0.15, 0.2) is 0 Å². The van der Waals surface area contributed by atoms with Crippen LogP contribution in [0.4, 0.5) is 26.3 Å². The fourth-order valence-corrected chi connectivity index (χ4v) is 4.31. The Hall–Kier alpha value is -3.82. The van der Waals surface area contributed by atoms with Crippen molar-refractivity contribution in [2.24, 2.45) is 0 Å². The zero-order chi connectivity index (χ0) is 28.7. The highest BCUT2D eigenvalue weighted by atomic mass is 19.4. The fourth-order valence-electron chi connectivity index (χ4n) is 4.31. The maximum Gasteiger partial charge on any atom is 0.416 e. The van der Waals surface area contributed by atoms with E-state index in [1.165, 1.54) is 12.1 Å². The molecule has 3 aromatic rings. The Morgan fingerprint density at radius 3 is 1.72 bits per heavy atom. The molecular weight excluding hydrogens is 524 g/mol. The summed E-state index contributed by atoms with van der Waals surface area (Å²) in [6, 6.07) is 16.8. The van der Waals surface area contributed by atoms with Gasteiger partial charge in [-0.15, -0.1) is 0 Å². The molecule has 3 rings (SSSR count). The molecule has 10 heteroatoms. The first-order chi connectivity index (χ1) is 18.3. The number of esters is 1. The van der Waals surface area contributed by atoms with Crippen molar-refractivity contribution < 1.29 is 40.7 Å². The number of hydrogen-bond acceptors (Lipinski definition) is 3. The second kappa shape index (κ2) is 12.4. The Labute approximate surface area is 222 Å². The molecule has 0 atom stereocenters. The third kappa shape index (κ3) is 7.84. The molecule has 0 aliphatic heterocycles. The summed E-state index contributed by atoms with van der Waals surface area (Å²) in [5.74, 6) is -1.17. The summed E-state index contributed by atoms with van der Waals surface area (Å²) in [6.45, 7) is 1.79. The van der Waals surface area contributed by atoms with Gasteiger partial charge >= 0.3 is 18.3 Å². The van der Waals surface area contributed by atoms with Gasteiger partial charge in [0, 0.05) is 19.3 Å². The number of rotatable bonds is 10. The molecule has 0 saturated carbocycles. The van der Waals surface area contributed by atoms with Crippen molar-refractivity contribution in [3.05, 3.63) is 107 Å². The molecule has 0 bridgehead atoms. The number of nitrogens with one attached hydrogen (secondary N) is 1. The minimum absolute atomic E-state index is 0.0424. The zero-order valence-electron chi connectivity index (χ0n) is 21.0. The van der Waals surface area contributed by atoms with Gasteiger partial charge in [-0.25, -0.2) is 0 Å². The maximum atomic E-state index is 13.7. The SMILES string of the molecule is CCOC(=O)CCCC(=O)NC(Cc1ccccc1)(c1cccc(C(F)(F)F)c1)c1cccc(C(F)(F)F)c1. The second-order valence-corrected chi connectivity index (χ2v) is 8.93. The molecule has 208 valence electrons. The van der Waals surface area contributed by atoms with E-state index in [1.54, 1.807) is 37.3 Å². The number of carbonyl (C=O) groups is 2. The van der Waals surface area contributed by atoms with E-state index in [-0.39, 0.29) is 43.4 Å². The van der Waals surface area contributed by atoms with E-state index in [0.29, 0.717) is 5.56 Å². The van der Waals surface area contributed by atoms with Gasteiger partial charge < -0.3 is 10.1 Å². The first kappa shape index (κ1) is 29.7. The number of benzene rings is 3. The molecule has 0 aromatic heterocycles. The topological polar surface area (TPSA) is 55.4 Å². The summed E-state index contributed by atoms with van der Waals surface area (Å²) in [4.78, 5) is 24.9.